The van der Waals surface area contributed by atoms with Crippen LogP contribution >= 0.6 is 0 Å². The Morgan fingerprint density at radius 1 is 1.50 bits per heavy atom. The molecule has 4 nitrogen and oxygen atoms in total. The lowest BCUT2D eigenvalue weighted by molar-refractivity contribution is 0.364. The molecule has 1 saturated heterocycles. The lowest BCUT2D eigenvalue weighted by Gasteiger charge is -2.22. The molecule has 1 atom stereocenters. The number of piperidine rings is 1. The smallest absolute Gasteiger partial charge is 0.126 e. The molecular weight excluding hydrogens is 200 g/mol. The highest BCUT2D eigenvalue weighted by molar-refractivity contribution is 5.43. The molecule has 0 bridgehead atoms. The van der Waals surface area contributed by atoms with Crippen LogP contribution in [0.5, 0.6) is 0 Å². The minimum absolute atomic E-state index is 0.710. The van der Waals surface area contributed by atoms with Crippen LogP contribution in [0.4, 0.5) is 11.5 Å². The fraction of sp³-hybridized carbons (Fsp3) is 0.583. The van der Waals surface area contributed by atoms with Gasteiger partial charge in [0.25, 0.3) is 0 Å². The average molecular weight is 220 g/mol. The van der Waals surface area contributed by atoms with Crippen LogP contribution in [0.25, 0.3) is 0 Å². The Bertz CT molecular complexity index is 303. The van der Waals surface area contributed by atoms with E-state index in [1.54, 1.807) is 6.20 Å². The lowest BCUT2D eigenvalue weighted by atomic mass is 9.96. The van der Waals surface area contributed by atoms with Gasteiger partial charge in [-0.15, -0.1) is 0 Å². The molecule has 1 aromatic rings. The Labute approximate surface area is 96.6 Å². The molecular formula is C12H20N4. The van der Waals surface area contributed by atoms with Crippen LogP contribution < -0.4 is 16.4 Å². The zero-order chi connectivity index (χ0) is 11.2. The van der Waals surface area contributed by atoms with Crippen molar-refractivity contribution in [1.82, 2.24) is 10.3 Å². The van der Waals surface area contributed by atoms with E-state index in [2.05, 4.69) is 15.6 Å². The standard InChI is InChI=1S/C12H20N4/c13-11-3-4-12(16-9-11)15-7-5-10-2-1-6-14-8-10/h3-4,9-10,14H,1-2,5-8,13H2,(H,15,16). The normalized spacial score (nSPS) is 20.6. The van der Waals surface area contributed by atoms with Crippen molar-refractivity contribution in [3.8, 4) is 0 Å². The lowest BCUT2D eigenvalue weighted by Crippen LogP contribution is -2.30. The second-order valence-corrected chi connectivity index (χ2v) is 4.40. The second-order valence-electron chi connectivity index (χ2n) is 4.40. The molecule has 0 radical (unpaired) electrons. The maximum absolute atomic E-state index is 5.57. The van der Waals surface area contributed by atoms with Gasteiger partial charge < -0.3 is 16.4 Å². The molecule has 2 rings (SSSR count). The van der Waals surface area contributed by atoms with Gasteiger partial charge in [-0.1, -0.05) is 0 Å². The molecule has 1 fully saturated rings. The van der Waals surface area contributed by atoms with Crippen LogP contribution in [0.1, 0.15) is 19.3 Å². The molecule has 0 aliphatic carbocycles. The van der Waals surface area contributed by atoms with E-state index < -0.39 is 0 Å². The van der Waals surface area contributed by atoms with E-state index in [4.69, 9.17) is 5.73 Å². The van der Waals surface area contributed by atoms with E-state index >= 15 is 0 Å². The summed E-state index contributed by atoms with van der Waals surface area (Å²) in [7, 11) is 0. The number of nitrogens with zero attached hydrogens (tertiary/aromatic N) is 1. The first kappa shape index (κ1) is 11.2. The van der Waals surface area contributed by atoms with Gasteiger partial charge in [-0.05, 0) is 50.4 Å². The highest BCUT2D eigenvalue weighted by Crippen LogP contribution is 2.14. The van der Waals surface area contributed by atoms with Crippen molar-refractivity contribution in [2.45, 2.75) is 19.3 Å². The van der Waals surface area contributed by atoms with E-state index in [0.29, 0.717) is 5.69 Å². The van der Waals surface area contributed by atoms with Gasteiger partial charge >= 0.3 is 0 Å². The first-order valence-corrected chi connectivity index (χ1v) is 6.01. The summed E-state index contributed by atoms with van der Waals surface area (Å²) in [5, 5.41) is 6.76. The summed E-state index contributed by atoms with van der Waals surface area (Å²) < 4.78 is 0. The van der Waals surface area contributed by atoms with E-state index in [0.717, 1.165) is 24.8 Å². The van der Waals surface area contributed by atoms with Gasteiger partial charge in [-0.2, -0.15) is 0 Å². The summed E-state index contributed by atoms with van der Waals surface area (Å²) in [5.41, 5.74) is 6.28. The maximum Gasteiger partial charge on any atom is 0.126 e. The van der Waals surface area contributed by atoms with Crippen molar-refractivity contribution in [2.75, 3.05) is 30.7 Å². The summed E-state index contributed by atoms with van der Waals surface area (Å²) >= 11 is 0. The van der Waals surface area contributed by atoms with Crippen LogP contribution in [0.3, 0.4) is 0 Å². The largest absolute Gasteiger partial charge is 0.397 e. The first-order chi connectivity index (χ1) is 7.84. The summed E-state index contributed by atoms with van der Waals surface area (Å²) in [6.07, 6.45) is 5.55. The van der Waals surface area contributed by atoms with E-state index in [1.807, 2.05) is 12.1 Å². The number of pyridine rings is 1. The van der Waals surface area contributed by atoms with Gasteiger partial charge in [-0.3, -0.25) is 0 Å². The zero-order valence-electron chi connectivity index (χ0n) is 9.58. The summed E-state index contributed by atoms with van der Waals surface area (Å²) in [5.74, 6) is 1.73. The van der Waals surface area contributed by atoms with Crippen LogP contribution in [0.2, 0.25) is 0 Å². The second kappa shape index (κ2) is 5.70. The van der Waals surface area contributed by atoms with Crippen LogP contribution in [-0.2, 0) is 0 Å². The van der Waals surface area contributed by atoms with E-state index in [-0.39, 0.29) is 0 Å². The van der Waals surface area contributed by atoms with Crippen molar-refractivity contribution >= 4 is 11.5 Å². The van der Waals surface area contributed by atoms with Gasteiger partial charge in [0.05, 0.1) is 11.9 Å². The number of nitrogens with one attached hydrogen (secondary N) is 2. The van der Waals surface area contributed by atoms with Crippen molar-refractivity contribution in [3.63, 3.8) is 0 Å². The predicted octanol–water partition coefficient (Wildman–Crippen LogP) is 1.47. The molecule has 1 unspecified atom stereocenters. The number of anilines is 2. The third-order valence-electron chi connectivity index (χ3n) is 3.04. The van der Waals surface area contributed by atoms with Crippen molar-refractivity contribution in [2.24, 2.45) is 5.92 Å². The number of nitrogens with two attached hydrogens (primary N) is 1. The Hall–Kier alpha value is -1.29. The van der Waals surface area contributed by atoms with Crippen LogP contribution in [0.15, 0.2) is 18.3 Å². The van der Waals surface area contributed by atoms with Crippen molar-refractivity contribution in [3.05, 3.63) is 18.3 Å². The Morgan fingerprint density at radius 3 is 3.12 bits per heavy atom. The molecule has 88 valence electrons. The van der Waals surface area contributed by atoms with Gasteiger partial charge in [-0.25, -0.2) is 4.98 Å². The molecule has 1 aliphatic rings. The number of hydrogen-bond donors (Lipinski definition) is 3. The predicted molar refractivity (Wildman–Crippen MR) is 67.3 cm³/mol. The molecule has 0 spiro atoms. The molecule has 0 aromatic carbocycles. The highest BCUT2D eigenvalue weighted by atomic mass is 15.0. The zero-order valence-corrected chi connectivity index (χ0v) is 9.58. The average Bonchev–Trinajstić information content (AvgIpc) is 2.33. The Morgan fingerprint density at radius 2 is 2.44 bits per heavy atom. The van der Waals surface area contributed by atoms with Gasteiger partial charge in [0.1, 0.15) is 5.82 Å². The highest BCUT2D eigenvalue weighted by Gasteiger charge is 2.11. The third-order valence-corrected chi connectivity index (χ3v) is 3.04. The SMILES string of the molecule is Nc1ccc(NCCC2CCCNC2)nc1. The molecule has 0 amide bonds. The molecule has 4 heteroatoms. The minimum atomic E-state index is 0.710. The number of rotatable bonds is 4. The monoisotopic (exact) mass is 220 g/mol. The molecule has 1 aromatic heterocycles. The van der Waals surface area contributed by atoms with E-state index in [1.165, 1.54) is 25.8 Å². The third kappa shape index (κ3) is 3.38. The molecule has 16 heavy (non-hydrogen) atoms. The topological polar surface area (TPSA) is 63.0 Å². The summed E-state index contributed by atoms with van der Waals surface area (Å²) in [4.78, 5) is 4.21. The molecule has 2 heterocycles. The first-order valence-electron chi connectivity index (χ1n) is 6.01. The molecule has 0 saturated carbocycles. The van der Waals surface area contributed by atoms with Gasteiger partial charge in [0.2, 0.25) is 0 Å². The number of hydrogen-bond acceptors (Lipinski definition) is 4. The summed E-state index contributed by atoms with van der Waals surface area (Å²) in [6.45, 7) is 3.34. The maximum atomic E-state index is 5.57. The fourth-order valence-electron chi connectivity index (χ4n) is 2.08. The quantitative estimate of drug-likeness (QED) is 0.719. The van der Waals surface area contributed by atoms with Crippen LogP contribution in [-0.4, -0.2) is 24.6 Å². The number of aromatic nitrogens is 1. The Balaban J connectivity index is 1.69. The van der Waals surface area contributed by atoms with E-state index in [9.17, 15) is 0 Å². The molecule has 4 N–H and O–H groups in total. The van der Waals surface area contributed by atoms with Crippen molar-refractivity contribution in [1.29, 1.82) is 0 Å². The van der Waals surface area contributed by atoms with Gasteiger partial charge in [0.15, 0.2) is 0 Å². The Kier molecular flexibility index (Phi) is 3.99. The van der Waals surface area contributed by atoms with Crippen molar-refractivity contribution < 1.29 is 0 Å². The van der Waals surface area contributed by atoms with Crippen LogP contribution in [0, 0.1) is 5.92 Å². The van der Waals surface area contributed by atoms with Gasteiger partial charge in [0, 0.05) is 6.54 Å². The summed E-state index contributed by atoms with van der Waals surface area (Å²) in [6, 6.07) is 3.80. The minimum Gasteiger partial charge on any atom is -0.397 e. The number of nitrogen functional groups attached to an aromatic ring is 1. The fourth-order valence-corrected chi connectivity index (χ4v) is 2.08. The molecule has 1 aliphatic heterocycles.